The van der Waals surface area contributed by atoms with Crippen LogP contribution < -0.4 is 0 Å². The van der Waals surface area contributed by atoms with Crippen molar-refractivity contribution in [1.82, 2.24) is 4.98 Å². The third-order valence-corrected chi connectivity index (χ3v) is 6.90. The maximum Gasteiger partial charge on any atom is 0.155 e. The molecule has 0 saturated carbocycles. The van der Waals surface area contributed by atoms with Gasteiger partial charge in [-0.2, -0.15) is 0 Å². The molecule has 0 amide bonds. The van der Waals surface area contributed by atoms with Crippen LogP contribution in [-0.2, 0) is 30.3 Å². The van der Waals surface area contributed by atoms with Crippen LogP contribution in [0.1, 0.15) is 40.2 Å². The zero-order chi connectivity index (χ0) is 27.7. The second-order valence-corrected chi connectivity index (χ2v) is 11.0. The van der Waals surface area contributed by atoms with Crippen LogP contribution in [0, 0.1) is 6.07 Å². The van der Waals surface area contributed by atoms with Crippen molar-refractivity contribution in [3.05, 3.63) is 114 Å². The summed E-state index contributed by atoms with van der Waals surface area (Å²) in [7, 11) is 0. The molecule has 0 fully saturated rings. The molecule has 0 bridgehead atoms. The second kappa shape index (κ2) is 11.7. The van der Waals surface area contributed by atoms with Crippen LogP contribution in [0.25, 0.3) is 54.5 Å². The van der Waals surface area contributed by atoms with Gasteiger partial charge in [0.15, 0.2) is 5.78 Å². The SMILES string of the molecule is CC(=O)/C=C(/C)O.CC(C)(C)c1ccc2ccc3nc(-c4[c-]c5ccccc5c5ccccc45)ccc3c2c1.[Ir]. The number of allylic oxidation sites excluding steroid dienone is 2. The van der Waals surface area contributed by atoms with Gasteiger partial charge >= 0.3 is 0 Å². The Bertz CT molecular complexity index is 1890. The number of hydrogen-bond acceptors (Lipinski definition) is 3. The molecule has 0 saturated heterocycles. The Morgan fingerprint density at radius 1 is 0.775 bits per heavy atom. The molecule has 1 aromatic heterocycles. The van der Waals surface area contributed by atoms with Crippen LogP contribution >= 0.6 is 0 Å². The Labute approximate surface area is 248 Å². The molecule has 4 heteroatoms. The largest absolute Gasteiger partial charge is 0.512 e. The first-order chi connectivity index (χ1) is 18.6. The van der Waals surface area contributed by atoms with Gasteiger partial charge in [-0.05, 0) is 47.7 Å². The Kier molecular flexibility index (Phi) is 8.54. The summed E-state index contributed by atoms with van der Waals surface area (Å²) in [6, 6.07) is 36.2. The number of fused-ring (bicyclic) bond motifs is 6. The quantitative estimate of drug-likeness (QED) is 0.0847. The average molecular weight is 703 g/mol. The van der Waals surface area contributed by atoms with Crippen LogP contribution in [0.5, 0.6) is 0 Å². The van der Waals surface area contributed by atoms with Gasteiger partial charge in [-0.3, -0.25) is 9.78 Å². The number of rotatable bonds is 2. The molecule has 6 aromatic rings. The van der Waals surface area contributed by atoms with Gasteiger partial charge in [0.25, 0.3) is 0 Å². The average Bonchev–Trinajstić information content (AvgIpc) is 2.91. The fourth-order valence-electron chi connectivity index (χ4n) is 5.00. The van der Waals surface area contributed by atoms with Crippen molar-refractivity contribution in [2.24, 2.45) is 0 Å². The fourth-order valence-corrected chi connectivity index (χ4v) is 5.00. The number of aliphatic hydroxyl groups is 1. The van der Waals surface area contributed by atoms with E-state index in [2.05, 4.69) is 118 Å². The van der Waals surface area contributed by atoms with E-state index in [0.29, 0.717) is 0 Å². The van der Waals surface area contributed by atoms with E-state index in [1.807, 2.05) is 0 Å². The third-order valence-electron chi connectivity index (χ3n) is 6.90. The van der Waals surface area contributed by atoms with Gasteiger partial charge in [-0.15, -0.1) is 17.5 Å². The number of nitrogens with zero attached hydrogens (tertiary/aromatic N) is 1. The van der Waals surface area contributed by atoms with E-state index in [9.17, 15) is 4.79 Å². The van der Waals surface area contributed by atoms with Gasteiger partial charge in [0.2, 0.25) is 0 Å². The molecule has 6 rings (SSSR count). The maximum absolute atomic E-state index is 10.0. The van der Waals surface area contributed by atoms with Crippen LogP contribution in [0.15, 0.2) is 103 Å². The van der Waals surface area contributed by atoms with Crippen molar-refractivity contribution in [2.45, 2.75) is 40.0 Å². The molecule has 5 aromatic carbocycles. The Hall–Kier alpha value is -3.85. The molecular formula is C36H32IrNO2-. The van der Waals surface area contributed by atoms with E-state index < -0.39 is 0 Å². The number of hydrogen-bond donors (Lipinski definition) is 1. The van der Waals surface area contributed by atoms with Crippen molar-refractivity contribution >= 4 is 49.0 Å². The minimum atomic E-state index is -0.125. The zero-order valence-electron chi connectivity index (χ0n) is 23.4. The summed E-state index contributed by atoms with van der Waals surface area (Å²) in [6.07, 6.45) is 1.17. The first-order valence-electron chi connectivity index (χ1n) is 13.2. The summed E-state index contributed by atoms with van der Waals surface area (Å²) in [4.78, 5) is 15.1. The van der Waals surface area contributed by atoms with Gasteiger partial charge in [0.05, 0.1) is 11.3 Å². The molecule has 0 atom stereocenters. The van der Waals surface area contributed by atoms with Crippen molar-refractivity contribution in [2.75, 3.05) is 0 Å². The van der Waals surface area contributed by atoms with Crippen molar-refractivity contribution < 1.29 is 30.0 Å². The first-order valence-corrected chi connectivity index (χ1v) is 13.2. The van der Waals surface area contributed by atoms with E-state index in [1.165, 1.54) is 57.8 Å². The van der Waals surface area contributed by atoms with E-state index in [0.717, 1.165) is 22.2 Å². The number of aromatic nitrogens is 1. The van der Waals surface area contributed by atoms with Crippen LogP contribution in [0.4, 0.5) is 0 Å². The summed E-state index contributed by atoms with van der Waals surface area (Å²) in [5.41, 5.74) is 4.50. The molecular weight excluding hydrogens is 671 g/mol. The smallest absolute Gasteiger partial charge is 0.155 e. The molecule has 40 heavy (non-hydrogen) atoms. The van der Waals surface area contributed by atoms with Gasteiger partial charge in [0.1, 0.15) is 0 Å². The van der Waals surface area contributed by atoms with Crippen LogP contribution in [0.2, 0.25) is 0 Å². The number of pyridine rings is 1. The predicted octanol–water partition coefficient (Wildman–Crippen LogP) is 9.49. The summed E-state index contributed by atoms with van der Waals surface area (Å²) in [6.45, 7) is 9.63. The molecule has 3 nitrogen and oxygen atoms in total. The van der Waals surface area contributed by atoms with Gasteiger partial charge < -0.3 is 5.11 Å². The Morgan fingerprint density at radius 3 is 2.08 bits per heavy atom. The molecule has 1 radical (unpaired) electrons. The topological polar surface area (TPSA) is 50.2 Å². The molecule has 0 aliphatic heterocycles. The van der Waals surface area contributed by atoms with Crippen LogP contribution in [0.3, 0.4) is 0 Å². The summed E-state index contributed by atoms with van der Waals surface area (Å²) in [5.74, 6) is -0.0625. The van der Waals surface area contributed by atoms with Crippen molar-refractivity contribution in [3.8, 4) is 11.3 Å². The van der Waals surface area contributed by atoms with Gasteiger partial charge in [-0.1, -0.05) is 115 Å². The number of benzene rings is 5. The van der Waals surface area contributed by atoms with Crippen molar-refractivity contribution in [1.29, 1.82) is 0 Å². The minimum Gasteiger partial charge on any atom is -0.512 e. The molecule has 0 unspecified atom stereocenters. The molecule has 0 aliphatic carbocycles. The molecule has 1 heterocycles. The van der Waals surface area contributed by atoms with Crippen LogP contribution in [-0.4, -0.2) is 15.9 Å². The van der Waals surface area contributed by atoms with Gasteiger partial charge in [0, 0.05) is 37.3 Å². The number of carbonyl (C=O) groups excluding carboxylic acids is 1. The van der Waals surface area contributed by atoms with E-state index in [1.54, 1.807) is 0 Å². The van der Waals surface area contributed by atoms with E-state index >= 15 is 0 Å². The molecule has 0 spiro atoms. The Balaban J connectivity index is 0.000000413. The monoisotopic (exact) mass is 703 g/mol. The maximum atomic E-state index is 10.0. The number of carbonyl (C=O) groups is 1. The predicted molar refractivity (Wildman–Crippen MR) is 164 cm³/mol. The summed E-state index contributed by atoms with van der Waals surface area (Å²) < 4.78 is 0. The third kappa shape index (κ3) is 5.99. The second-order valence-electron chi connectivity index (χ2n) is 11.0. The fraction of sp³-hybridized carbons (Fsp3) is 0.167. The molecule has 0 aliphatic rings. The van der Waals surface area contributed by atoms with E-state index in [-0.39, 0.29) is 37.1 Å². The number of ketones is 1. The summed E-state index contributed by atoms with van der Waals surface area (Å²) >= 11 is 0. The first kappa shape index (κ1) is 29.1. The Morgan fingerprint density at radius 2 is 1.43 bits per heavy atom. The number of aliphatic hydroxyl groups excluding tert-OH is 1. The molecule has 1 N–H and O–H groups in total. The standard InChI is InChI=1S/C31H24N.C5H8O2.Ir/c1-31(2,3)22-14-12-20-13-16-29-26(27(20)19-22)15-17-30(32-29)28-18-21-8-4-5-9-23(21)24-10-6-7-11-25(24)28;1-4(6)3-5(2)7;/h4-17,19H,1-3H3;3,6H,1-2H3;/q-1;;/b;4-3-;. The summed E-state index contributed by atoms with van der Waals surface area (Å²) in [5, 5.41) is 16.9. The van der Waals surface area contributed by atoms with Crippen molar-refractivity contribution in [3.63, 3.8) is 0 Å². The minimum absolute atomic E-state index is 0. The normalized spacial score (nSPS) is 11.8. The van der Waals surface area contributed by atoms with Gasteiger partial charge in [-0.25, -0.2) is 0 Å². The zero-order valence-corrected chi connectivity index (χ0v) is 25.8. The molecule has 203 valence electrons. The van der Waals surface area contributed by atoms with E-state index in [4.69, 9.17) is 10.1 Å².